The third-order valence-electron chi connectivity index (χ3n) is 7.94. The molecule has 0 aliphatic heterocycles. The van der Waals surface area contributed by atoms with Crippen molar-refractivity contribution in [2.24, 2.45) is 0 Å². The Morgan fingerprint density at radius 2 is 1.12 bits per heavy atom. The first-order valence-corrected chi connectivity index (χ1v) is 16.4. The first-order chi connectivity index (χ1) is 23.0. The maximum Gasteiger partial charge on any atom is 0.365 e. The molecule has 7 nitrogen and oxygen atoms in total. The van der Waals surface area contributed by atoms with Crippen LogP contribution in [0.4, 0.5) is 5.69 Å². The number of hydrogen-bond acceptors (Lipinski definition) is 5. The Morgan fingerprint density at radius 3 is 1.62 bits per heavy atom. The standard InChI is InChI=1S/C24H20N2O3S.C16H16O2/c1-14(2)15-7-9-16(10-8-15)18-5-3-4-6-19(18)22(27)25-17-11-12-20-21(13-17)30-23(26-20)24(28)29;1-11(2)12-7-9-13(10-8-12)14-5-3-4-6-15(14)16(17)18/h3-14H,1-2H3,(H,25,27)(H,28,29);3-11H,1-2H3,(H,17,18). The van der Waals surface area contributed by atoms with Gasteiger partial charge in [0.05, 0.1) is 15.8 Å². The van der Waals surface area contributed by atoms with Gasteiger partial charge in [-0.3, -0.25) is 4.79 Å². The van der Waals surface area contributed by atoms with Crippen LogP contribution in [0.2, 0.25) is 0 Å². The molecule has 0 aliphatic rings. The van der Waals surface area contributed by atoms with Crippen LogP contribution in [0.15, 0.2) is 115 Å². The molecular weight excluding hydrogens is 621 g/mol. The second kappa shape index (κ2) is 14.9. The zero-order valence-corrected chi connectivity index (χ0v) is 27.9. The summed E-state index contributed by atoms with van der Waals surface area (Å²) in [5, 5.41) is 21.2. The molecule has 0 aliphatic carbocycles. The SMILES string of the molecule is CC(C)c1ccc(-c2ccccc2C(=O)Nc2ccc3nc(C(=O)O)sc3c2)cc1.CC(C)c1ccc(-c2ccccc2C(=O)O)cc1. The van der Waals surface area contributed by atoms with Gasteiger partial charge in [0.2, 0.25) is 5.01 Å². The fourth-order valence-electron chi connectivity index (χ4n) is 5.24. The van der Waals surface area contributed by atoms with Gasteiger partial charge >= 0.3 is 11.9 Å². The molecule has 3 N–H and O–H groups in total. The first kappa shape index (κ1) is 33.8. The Bertz CT molecular complexity index is 2080. The predicted molar refractivity (Wildman–Crippen MR) is 193 cm³/mol. The third-order valence-corrected chi connectivity index (χ3v) is 8.94. The molecule has 48 heavy (non-hydrogen) atoms. The molecule has 0 radical (unpaired) electrons. The van der Waals surface area contributed by atoms with E-state index in [0.717, 1.165) is 33.6 Å². The normalized spacial score (nSPS) is 10.9. The van der Waals surface area contributed by atoms with Gasteiger partial charge in [0, 0.05) is 11.3 Å². The van der Waals surface area contributed by atoms with Crippen molar-refractivity contribution in [3.63, 3.8) is 0 Å². The van der Waals surface area contributed by atoms with Gasteiger partial charge in [-0.15, -0.1) is 11.3 Å². The number of anilines is 1. The third kappa shape index (κ3) is 7.85. The van der Waals surface area contributed by atoms with Crippen LogP contribution in [-0.2, 0) is 0 Å². The second-order valence-corrected chi connectivity index (χ2v) is 12.9. The number of hydrogen-bond donors (Lipinski definition) is 3. The number of fused-ring (bicyclic) bond motifs is 1. The maximum absolute atomic E-state index is 13.0. The summed E-state index contributed by atoms with van der Waals surface area (Å²) < 4.78 is 0.711. The second-order valence-electron chi connectivity index (χ2n) is 11.9. The molecular formula is C40H36N2O5S. The van der Waals surface area contributed by atoms with E-state index in [-0.39, 0.29) is 10.9 Å². The molecule has 0 atom stereocenters. The number of nitrogens with zero attached hydrogens (tertiary/aromatic N) is 1. The molecule has 1 aromatic heterocycles. The molecule has 1 heterocycles. The number of aromatic nitrogens is 1. The lowest BCUT2D eigenvalue weighted by atomic mass is 9.95. The van der Waals surface area contributed by atoms with Crippen molar-refractivity contribution in [2.45, 2.75) is 39.5 Å². The smallest absolute Gasteiger partial charge is 0.365 e. The Morgan fingerprint density at radius 1 is 0.625 bits per heavy atom. The summed E-state index contributed by atoms with van der Waals surface area (Å²) >= 11 is 1.08. The number of amides is 1. The van der Waals surface area contributed by atoms with E-state index in [0.29, 0.717) is 38.9 Å². The van der Waals surface area contributed by atoms with Crippen LogP contribution in [0.3, 0.4) is 0 Å². The zero-order valence-electron chi connectivity index (χ0n) is 27.1. The number of nitrogens with one attached hydrogen (secondary N) is 1. The molecule has 0 unspecified atom stereocenters. The quantitative estimate of drug-likeness (QED) is 0.150. The number of benzene rings is 5. The number of carboxylic acid groups (broad SMARTS) is 2. The molecule has 242 valence electrons. The van der Waals surface area contributed by atoms with Crippen molar-refractivity contribution in [1.29, 1.82) is 0 Å². The maximum atomic E-state index is 13.0. The van der Waals surface area contributed by atoms with Gasteiger partial charge in [-0.25, -0.2) is 14.6 Å². The van der Waals surface area contributed by atoms with Gasteiger partial charge in [0.15, 0.2) is 0 Å². The van der Waals surface area contributed by atoms with E-state index in [1.54, 1.807) is 36.4 Å². The predicted octanol–water partition coefficient (Wildman–Crippen LogP) is 10.2. The van der Waals surface area contributed by atoms with Crippen LogP contribution in [0, 0.1) is 0 Å². The highest BCUT2D eigenvalue weighted by Crippen LogP contribution is 2.29. The summed E-state index contributed by atoms with van der Waals surface area (Å²) in [5.41, 5.74) is 8.16. The number of rotatable bonds is 8. The zero-order chi connectivity index (χ0) is 34.4. The molecule has 0 spiro atoms. The average molecular weight is 657 g/mol. The lowest BCUT2D eigenvalue weighted by Crippen LogP contribution is -2.13. The van der Waals surface area contributed by atoms with E-state index in [4.69, 9.17) is 10.2 Å². The van der Waals surface area contributed by atoms with Crippen molar-refractivity contribution in [2.75, 3.05) is 5.32 Å². The van der Waals surface area contributed by atoms with Gasteiger partial charge in [-0.2, -0.15) is 0 Å². The number of carbonyl (C=O) groups excluding carboxylic acids is 1. The Hall–Kier alpha value is -5.60. The molecule has 0 bridgehead atoms. The fraction of sp³-hybridized carbons (Fsp3) is 0.150. The van der Waals surface area contributed by atoms with Crippen molar-refractivity contribution < 1.29 is 24.6 Å². The lowest BCUT2D eigenvalue weighted by Gasteiger charge is -2.12. The average Bonchev–Trinajstić information content (AvgIpc) is 3.53. The summed E-state index contributed by atoms with van der Waals surface area (Å²) in [6, 6.07) is 36.1. The largest absolute Gasteiger partial charge is 0.478 e. The lowest BCUT2D eigenvalue weighted by molar-refractivity contribution is 0.0686. The highest BCUT2D eigenvalue weighted by atomic mass is 32.1. The number of carboxylic acids is 2. The van der Waals surface area contributed by atoms with Crippen molar-refractivity contribution >= 4 is 45.1 Å². The van der Waals surface area contributed by atoms with E-state index in [1.165, 1.54) is 11.1 Å². The topological polar surface area (TPSA) is 117 Å². The molecule has 5 aromatic carbocycles. The first-order valence-electron chi connectivity index (χ1n) is 15.6. The van der Waals surface area contributed by atoms with E-state index < -0.39 is 11.9 Å². The highest BCUT2D eigenvalue weighted by molar-refractivity contribution is 7.20. The monoisotopic (exact) mass is 656 g/mol. The molecule has 1 amide bonds. The van der Waals surface area contributed by atoms with Gasteiger partial charge in [0.1, 0.15) is 0 Å². The van der Waals surface area contributed by atoms with E-state index >= 15 is 0 Å². The van der Waals surface area contributed by atoms with Crippen LogP contribution in [0.25, 0.3) is 32.5 Å². The molecule has 6 aromatic rings. The highest BCUT2D eigenvalue weighted by Gasteiger charge is 2.15. The van der Waals surface area contributed by atoms with Gasteiger partial charge in [-0.1, -0.05) is 113 Å². The van der Waals surface area contributed by atoms with Gasteiger partial charge < -0.3 is 15.5 Å². The summed E-state index contributed by atoms with van der Waals surface area (Å²) in [6.07, 6.45) is 0. The van der Waals surface area contributed by atoms with Crippen LogP contribution in [0.1, 0.15) is 81.2 Å². The van der Waals surface area contributed by atoms with Gasteiger partial charge in [0.25, 0.3) is 5.91 Å². The van der Waals surface area contributed by atoms with Crippen LogP contribution >= 0.6 is 11.3 Å². The number of thiazole rings is 1. The molecule has 0 saturated heterocycles. The minimum Gasteiger partial charge on any atom is -0.478 e. The Kier molecular flexibility index (Phi) is 10.5. The molecule has 8 heteroatoms. The van der Waals surface area contributed by atoms with Crippen molar-refractivity contribution in [1.82, 2.24) is 4.98 Å². The van der Waals surface area contributed by atoms with E-state index in [9.17, 15) is 14.4 Å². The van der Waals surface area contributed by atoms with Crippen LogP contribution in [-0.4, -0.2) is 33.0 Å². The van der Waals surface area contributed by atoms with Crippen LogP contribution < -0.4 is 5.32 Å². The minimum absolute atomic E-state index is 0.0312. The van der Waals surface area contributed by atoms with Crippen molar-refractivity contribution in [3.05, 3.63) is 143 Å². The van der Waals surface area contributed by atoms with Crippen LogP contribution in [0.5, 0.6) is 0 Å². The molecule has 6 rings (SSSR count). The summed E-state index contributed by atoms with van der Waals surface area (Å²) in [6.45, 7) is 8.58. The summed E-state index contributed by atoms with van der Waals surface area (Å²) in [7, 11) is 0. The summed E-state index contributed by atoms with van der Waals surface area (Å²) in [5.74, 6) is -1.24. The Labute approximate surface area is 283 Å². The number of carbonyl (C=O) groups is 3. The Balaban J connectivity index is 0.000000214. The van der Waals surface area contributed by atoms with Crippen molar-refractivity contribution in [3.8, 4) is 22.3 Å². The summed E-state index contributed by atoms with van der Waals surface area (Å²) in [4.78, 5) is 39.4. The number of aromatic carboxylic acids is 2. The molecule has 0 saturated carbocycles. The minimum atomic E-state index is -1.06. The fourth-order valence-corrected chi connectivity index (χ4v) is 6.09. The molecule has 0 fully saturated rings. The van der Waals surface area contributed by atoms with Gasteiger partial charge in [-0.05, 0) is 75.5 Å². The van der Waals surface area contributed by atoms with E-state index in [2.05, 4.69) is 62.3 Å². The van der Waals surface area contributed by atoms with E-state index in [1.807, 2.05) is 54.6 Å².